The van der Waals surface area contributed by atoms with Crippen LogP contribution in [0.2, 0.25) is 0 Å². The third-order valence-corrected chi connectivity index (χ3v) is 6.09. The van der Waals surface area contributed by atoms with Crippen molar-refractivity contribution in [3.63, 3.8) is 0 Å². The minimum absolute atomic E-state index is 0.131. The van der Waals surface area contributed by atoms with Crippen molar-refractivity contribution < 1.29 is 23.1 Å². The number of pyridine rings is 1. The molecule has 2 aliphatic rings. The van der Waals surface area contributed by atoms with Gasteiger partial charge in [0.05, 0.1) is 18.3 Å². The molecule has 35 heavy (non-hydrogen) atoms. The lowest BCUT2D eigenvalue weighted by Gasteiger charge is -2.40. The molecule has 2 aromatic carbocycles. The Labute approximate surface area is 200 Å². The van der Waals surface area contributed by atoms with Gasteiger partial charge in [-0.3, -0.25) is 9.69 Å². The lowest BCUT2D eigenvalue weighted by molar-refractivity contribution is -0.118. The fourth-order valence-corrected chi connectivity index (χ4v) is 4.26. The van der Waals surface area contributed by atoms with Crippen LogP contribution in [0.1, 0.15) is 0 Å². The molecule has 0 radical (unpaired) electrons. The number of piperazine rings is 1. The van der Waals surface area contributed by atoms with E-state index in [-0.39, 0.29) is 36.9 Å². The highest BCUT2D eigenvalue weighted by atomic mass is 19.1. The van der Waals surface area contributed by atoms with Crippen molar-refractivity contribution in [3.8, 4) is 16.9 Å². The van der Waals surface area contributed by atoms with Gasteiger partial charge in [0.25, 0.3) is 0 Å². The molecule has 5 rings (SSSR count). The SMILES string of the molecule is O=C1CN2CCN(C(=O)Nc3ccc(F)cc3)C[C@@H]2COc2ccc(-c3cccnc3F)cc2N1. The Kier molecular flexibility index (Phi) is 6.28. The van der Waals surface area contributed by atoms with E-state index in [4.69, 9.17) is 4.74 Å². The van der Waals surface area contributed by atoms with E-state index in [9.17, 15) is 18.4 Å². The number of benzene rings is 2. The number of urea groups is 1. The third-order valence-electron chi connectivity index (χ3n) is 6.09. The second-order valence-corrected chi connectivity index (χ2v) is 8.42. The molecule has 180 valence electrons. The van der Waals surface area contributed by atoms with E-state index in [1.165, 1.54) is 30.5 Å². The van der Waals surface area contributed by atoms with E-state index in [1.54, 1.807) is 35.2 Å². The number of aromatic nitrogens is 1. The van der Waals surface area contributed by atoms with Crippen LogP contribution in [0, 0.1) is 11.8 Å². The van der Waals surface area contributed by atoms with Crippen LogP contribution in [-0.4, -0.2) is 65.5 Å². The first kappa shape index (κ1) is 22.7. The summed E-state index contributed by atoms with van der Waals surface area (Å²) >= 11 is 0. The Morgan fingerprint density at radius 1 is 1.11 bits per heavy atom. The summed E-state index contributed by atoms with van der Waals surface area (Å²) in [6.07, 6.45) is 1.38. The fraction of sp³-hybridized carbons (Fsp3) is 0.240. The number of nitrogens with zero attached hydrogens (tertiary/aromatic N) is 3. The van der Waals surface area contributed by atoms with Gasteiger partial charge in [-0.1, -0.05) is 6.07 Å². The molecule has 0 spiro atoms. The van der Waals surface area contributed by atoms with Gasteiger partial charge in [0, 0.05) is 37.1 Å². The number of carbonyl (C=O) groups excluding carboxylic acids is 2. The van der Waals surface area contributed by atoms with E-state index in [1.807, 2.05) is 4.90 Å². The average Bonchev–Trinajstić information content (AvgIpc) is 2.91. The van der Waals surface area contributed by atoms with Crippen molar-refractivity contribution in [3.05, 3.63) is 72.6 Å². The fourth-order valence-electron chi connectivity index (χ4n) is 4.26. The van der Waals surface area contributed by atoms with Crippen LogP contribution in [0.3, 0.4) is 0 Å². The predicted octanol–water partition coefficient (Wildman–Crippen LogP) is 3.58. The lowest BCUT2D eigenvalue weighted by atomic mass is 10.1. The molecule has 2 N–H and O–H groups in total. The van der Waals surface area contributed by atoms with Crippen molar-refractivity contribution in [1.82, 2.24) is 14.8 Å². The number of hydrogen-bond acceptors (Lipinski definition) is 5. The molecule has 3 heterocycles. The molecule has 10 heteroatoms. The van der Waals surface area contributed by atoms with E-state index >= 15 is 0 Å². The zero-order valence-electron chi connectivity index (χ0n) is 18.7. The summed E-state index contributed by atoms with van der Waals surface area (Å²) in [5, 5.41) is 5.64. The van der Waals surface area contributed by atoms with Gasteiger partial charge in [-0.2, -0.15) is 4.39 Å². The standard InChI is InChI=1S/C25H23F2N5O3/c26-17-4-6-18(7-5-17)29-25(34)32-11-10-31-14-23(33)30-21-12-16(20-2-1-9-28-24(20)27)3-8-22(21)35-15-19(31)13-32/h1-9,12,19H,10-11,13-15H2,(H,29,34)(H,30,33)/t19-/m1/s1. The van der Waals surface area contributed by atoms with Gasteiger partial charge >= 0.3 is 6.03 Å². The average molecular weight is 479 g/mol. The number of fused-ring (bicyclic) bond motifs is 2. The van der Waals surface area contributed by atoms with Crippen molar-refractivity contribution in [2.45, 2.75) is 6.04 Å². The highest BCUT2D eigenvalue weighted by molar-refractivity contribution is 5.95. The molecular weight excluding hydrogens is 456 g/mol. The molecule has 0 aliphatic carbocycles. The minimum atomic E-state index is -0.598. The maximum Gasteiger partial charge on any atom is 0.321 e. The molecule has 1 fully saturated rings. The van der Waals surface area contributed by atoms with Crippen molar-refractivity contribution >= 4 is 23.3 Å². The van der Waals surface area contributed by atoms with Gasteiger partial charge < -0.3 is 20.3 Å². The Morgan fingerprint density at radius 3 is 2.74 bits per heavy atom. The molecule has 0 unspecified atom stereocenters. The molecule has 1 saturated heterocycles. The number of nitrogens with one attached hydrogen (secondary N) is 2. The van der Waals surface area contributed by atoms with Gasteiger partial charge in [-0.15, -0.1) is 0 Å². The highest BCUT2D eigenvalue weighted by Gasteiger charge is 2.32. The van der Waals surface area contributed by atoms with Gasteiger partial charge in [-0.25, -0.2) is 14.2 Å². The van der Waals surface area contributed by atoms with Gasteiger partial charge in [0.1, 0.15) is 18.2 Å². The number of ether oxygens (including phenoxy) is 1. The number of rotatable bonds is 2. The number of carbonyl (C=O) groups is 2. The first-order valence-corrected chi connectivity index (χ1v) is 11.2. The molecule has 8 nitrogen and oxygen atoms in total. The smallest absolute Gasteiger partial charge is 0.321 e. The summed E-state index contributed by atoms with van der Waals surface area (Å²) in [5.41, 5.74) is 1.84. The summed E-state index contributed by atoms with van der Waals surface area (Å²) < 4.78 is 33.3. The van der Waals surface area contributed by atoms with E-state index in [2.05, 4.69) is 15.6 Å². The van der Waals surface area contributed by atoms with Crippen LogP contribution >= 0.6 is 0 Å². The Bertz CT molecular complexity index is 1250. The number of halogens is 2. The number of anilines is 2. The van der Waals surface area contributed by atoms with Crippen LogP contribution < -0.4 is 15.4 Å². The number of amides is 3. The first-order chi connectivity index (χ1) is 17.0. The normalized spacial score (nSPS) is 18.2. The van der Waals surface area contributed by atoms with Crippen LogP contribution in [-0.2, 0) is 4.79 Å². The van der Waals surface area contributed by atoms with Gasteiger partial charge in [0.15, 0.2) is 0 Å². The topological polar surface area (TPSA) is 86.8 Å². The second-order valence-electron chi connectivity index (χ2n) is 8.42. The van der Waals surface area contributed by atoms with Crippen LogP contribution in [0.4, 0.5) is 25.0 Å². The molecule has 2 aliphatic heterocycles. The molecule has 3 amide bonds. The number of hydrogen-bond donors (Lipinski definition) is 2. The third kappa shape index (κ3) is 5.07. The van der Waals surface area contributed by atoms with Crippen molar-refractivity contribution in [2.75, 3.05) is 43.4 Å². The molecule has 1 aromatic heterocycles. The molecule has 0 bridgehead atoms. The molecule has 1 atom stereocenters. The minimum Gasteiger partial charge on any atom is -0.490 e. The lowest BCUT2D eigenvalue weighted by Crippen LogP contribution is -2.58. The second kappa shape index (κ2) is 9.67. The van der Waals surface area contributed by atoms with Gasteiger partial charge in [0.2, 0.25) is 11.9 Å². The largest absolute Gasteiger partial charge is 0.490 e. The quantitative estimate of drug-likeness (QED) is 0.549. The Morgan fingerprint density at radius 2 is 1.94 bits per heavy atom. The first-order valence-electron chi connectivity index (χ1n) is 11.2. The summed E-state index contributed by atoms with van der Waals surface area (Å²) in [5.74, 6) is -0.745. The zero-order chi connectivity index (χ0) is 24.4. The van der Waals surface area contributed by atoms with Crippen LogP contribution in [0.25, 0.3) is 11.1 Å². The molecule has 3 aromatic rings. The molecule has 0 saturated carbocycles. The highest BCUT2D eigenvalue weighted by Crippen LogP contribution is 2.32. The van der Waals surface area contributed by atoms with E-state index in [0.717, 1.165) is 0 Å². The van der Waals surface area contributed by atoms with E-state index < -0.39 is 5.95 Å². The Balaban J connectivity index is 1.31. The maximum absolute atomic E-state index is 14.2. The summed E-state index contributed by atoms with van der Waals surface area (Å²) in [6.45, 7) is 1.65. The van der Waals surface area contributed by atoms with Crippen LogP contribution in [0.15, 0.2) is 60.8 Å². The molecular formula is C25H23F2N5O3. The zero-order valence-corrected chi connectivity index (χ0v) is 18.7. The van der Waals surface area contributed by atoms with Gasteiger partial charge in [-0.05, 0) is 54.1 Å². The van der Waals surface area contributed by atoms with E-state index in [0.29, 0.717) is 47.9 Å². The van der Waals surface area contributed by atoms with Crippen LogP contribution in [0.5, 0.6) is 5.75 Å². The summed E-state index contributed by atoms with van der Waals surface area (Å²) in [6, 6.07) is 13.4. The van der Waals surface area contributed by atoms with Crippen molar-refractivity contribution in [1.29, 1.82) is 0 Å². The maximum atomic E-state index is 14.2. The predicted molar refractivity (Wildman–Crippen MR) is 126 cm³/mol. The summed E-state index contributed by atoms with van der Waals surface area (Å²) in [7, 11) is 0. The monoisotopic (exact) mass is 479 g/mol. The van der Waals surface area contributed by atoms with Crippen molar-refractivity contribution in [2.24, 2.45) is 0 Å². The Hall–Kier alpha value is -4.05. The summed E-state index contributed by atoms with van der Waals surface area (Å²) in [4.78, 5) is 32.9.